The van der Waals surface area contributed by atoms with Crippen LogP contribution in [0.3, 0.4) is 0 Å². The highest BCUT2D eigenvalue weighted by Crippen LogP contribution is 2.55. The first-order chi connectivity index (χ1) is 34.8. The molecule has 74 heavy (non-hydrogen) atoms. The summed E-state index contributed by atoms with van der Waals surface area (Å²) < 4.78 is 7.52. The van der Waals surface area contributed by atoms with Gasteiger partial charge >= 0.3 is 0 Å². The molecular formula is C69H76BN3O. The highest BCUT2D eigenvalue weighted by atomic mass is 16.4. The Labute approximate surface area is 442 Å². The van der Waals surface area contributed by atoms with Gasteiger partial charge < -0.3 is 14.2 Å². The first-order valence-corrected chi connectivity index (χ1v) is 27.5. The molecule has 0 saturated heterocycles. The zero-order valence-electron chi connectivity index (χ0n) is 46.9. The van der Waals surface area contributed by atoms with Crippen LogP contribution in [0.4, 0.5) is 51.4 Å². The molecule has 3 heterocycles. The summed E-state index contributed by atoms with van der Waals surface area (Å²) in [4.78, 5) is 7.65. The van der Waals surface area contributed by atoms with Crippen LogP contribution in [0.2, 0.25) is 0 Å². The number of nitrogens with zero attached hydrogens (tertiary/aromatic N) is 3. The van der Waals surface area contributed by atoms with Gasteiger partial charge in [-0.15, -0.1) is 0 Å². The molecule has 5 heteroatoms. The predicted molar refractivity (Wildman–Crippen MR) is 318 cm³/mol. The summed E-state index contributed by atoms with van der Waals surface area (Å²) in [7, 11) is 0. The predicted octanol–water partition coefficient (Wildman–Crippen LogP) is 17.6. The quantitative estimate of drug-likeness (QED) is 0.160. The molecule has 0 fully saturated rings. The third-order valence-electron chi connectivity index (χ3n) is 18.2. The Morgan fingerprint density at radius 1 is 0.459 bits per heavy atom. The summed E-state index contributed by atoms with van der Waals surface area (Å²) >= 11 is 0. The van der Waals surface area contributed by atoms with Gasteiger partial charge in [-0.3, -0.25) is 4.90 Å². The summed E-state index contributed by atoms with van der Waals surface area (Å²) in [5, 5.41) is 1.19. The maximum Gasteiger partial charge on any atom is 0.257 e. The van der Waals surface area contributed by atoms with Crippen molar-refractivity contribution < 1.29 is 4.42 Å². The lowest BCUT2D eigenvalue weighted by atomic mass is 9.33. The Morgan fingerprint density at radius 2 is 0.973 bits per heavy atom. The number of hydrogen-bond acceptors (Lipinski definition) is 4. The van der Waals surface area contributed by atoms with Crippen molar-refractivity contribution in [1.29, 1.82) is 0 Å². The summed E-state index contributed by atoms with van der Waals surface area (Å²) in [6.07, 6.45) is 4.60. The summed E-state index contributed by atoms with van der Waals surface area (Å²) in [6.45, 7) is 35.9. The normalized spacial score (nSPS) is 17.8. The average molecular weight is 974 g/mol. The number of aryl methyl sites for hydroxylation is 1. The van der Waals surface area contributed by atoms with E-state index in [9.17, 15) is 0 Å². The maximum absolute atomic E-state index is 7.52. The van der Waals surface area contributed by atoms with E-state index in [1.54, 1.807) is 0 Å². The minimum Gasteiger partial charge on any atom is -0.440 e. The highest BCUT2D eigenvalue weighted by Gasteiger charge is 2.50. The van der Waals surface area contributed by atoms with E-state index in [-0.39, 0.29) is 39.2 Å². The molecule has 7 aromatic carbocycles. The van der Waals surface area contributed by atoms with Gasteiger partial charge in [0.25, 0.3) is 6.71 Å². The minimum absolute atomic E-state index is 0.00170. The van der Waals surface area contributed by atoms with Crippen LogP contribution in [0.25, 0.3) is 11.0 Å². The van der Waals surface area contributed by atoms with E-state index in [2.05, 4.69) is 258 Å². The topological polar surface area (TPSA) is 22.9 Å². The molecule has 4 aliphatic rings. The van der Waals surface area contributed by atoms with Gasteiger partial charge in [0.15, 0.2) is 0 Å². The van der Waals surface area contributed by atoms with E-state index >= 15 is 0 Å². The van der Waals surface area contributed by atoms with E-state index in [1.165, 1.54) is 84.2 Å². The van der Waals surface area contributed by atoms with Gasteiger partial charge in [-0.2, -0.15) is 0 Å². The van der Waals surface area contributed by atoms with E-state index in [1.807, 2.05) is 0 Å². The lowest BCUT2D eigenvalue weighted by Gasteiger charge is -2.47. The molecule has 0 unspecified atom stereocenters. The average Bonchev–Trinajstić information content (AvgIpc) is 3.78. The standard InChI is InChI=1S/C69H76BN3O/c1-43-36-44(64(2,3)4)26-30-56(43)73-59-40-49(71(46-22-18-16-19-23-46)47-24-20-17-21-25-47)39-58-62(59)70(61-50-37-45(65(5,6)7)27-31-60(50)74-63(61)73)55-41-53-54(69(14,15)35-34-68(53,12)13)42-57(55)72(58)48-28-29-51-52(38-48)67(10,11)33-32-66(51,8)9/h16-31,36-42H,32-35H2,1-15H3. The van der Waals surface area contributed by atoms with Gasteiger partial charge in [0.05, 0.1) is 11.4 Å². The summed E-state index contributed by atoms with van der Waals surface area (Å²) in [5.74, 6) is 0.902. The van der Waals surface area contributed by atoms with E-state index in [0.717, 1.165) is 59.2 Å². The Hall–Kier alpha value is -6.46. The summed E-state index contributed by atoms with van der Waals surface area (Å²) in [6, 6.07) is 53.8. The van der Waals surface area contributed by atoms with Crippen LogP contribution in [0.1, 0.15) is 162 Å². The van der Waals surface area contributed by atoms with Gasteiger partial charge in [0.1, 0.15) is 5.58 Å². The van der Waals surface area contributed by atoms with E-state index < -0.39 is 0 Å². The molecule has 2 aliphatic heterocycles. The van der Waals surface area contributed by atoms with Crippen LogP contribution in [0, 0.1) is 6.92 Å². The fourth-order valence-corrected chi connectivity index (χ4v) is 13.4. The van der Waals surface area contributed by atoms with Crippen molar-refractivity contribution in [1.82, 2.24) is 0 Å². The van der Waals surface area contributed by atoms with Crippen molar-refractivity contribution in [2.24, 2.45) is 0 Å². The highest BCUT2D eigenvalue weighted by molar-refractivity contribution is 7.01. The van der Waals surface area contributed by atoms with Crippen molar-refractivity contribution >= 4 is 85.5 Å². The van der Waals surface area contributed by atoms with Gasteiger partial charge in [-0.05, 0) is 188 Å². The molecule has 0 spiro atoms. The fraction of sp³-hybridized carbons (Fsp3) is 0.362. The number of rotatable bonds is 5. The third-order valence-corrected chi connectivity index (χ3v) is 18.2. The number of furan rings is 1. The minimum atomic E-state index is -0.127. The van der Waals surface area contributed by atoms with Crippen LogP contribution in [0.15, 0.2) is 144 Å². The largest absolute Gasteiger partial charge is 0.440 e. The lowest BCUT2D eigenvalue weighted by molar-refractivity contribution is 0.332. The van der Waals surface area contributed by atoms with Crippen molar-refractivity contribution in [3.63, 3.8) is 0 Å². The second-order valence-electron chi connectivity index (χ2n) is 27.3. The monoisotopic (exact) mass is 974 g/mol. The molecule has 0 radical (unpaired) electrons. The van der Waals surface area contributed by atoms with Crippen LogP contribution < -0.4 is 31.1 Å². The Morgan fingerprint density at radius 3 is 1.54 bits per heavy atom. The zero-order chi connectivity index (χ0) is 52.2. The zero-order valence-corrected chi connectivity index (χ0v) is 46.9. The molecule has 376 valence electrons. The number of fused-ring (bicyclic) bond motifs is 8. The SMILES string of the molecule is Cc1cc(C(C)(C)C)ccc1N1c2cc(N(c3ccccc3)c3ccccc3)cc3c2B(c2cc4c(cc2N3c2ccc3c(c2)C(C)(C)CCC3(C)C)C(C)(C)CCC4(C)C)c2c1oc1ccc(C(C)(C)C)cc21. The van der Waals surface area contributed by atoms with Gasteiger partial charge in [-0.25, -0.2) is 0 Å². The van der Waals surface area contributed by atoms with Crippen molar-refractivity contribution in [2.75, 3.05) is 14.7 Å². The first-order valence-electron chi connectivity index (χ1n) is 27.5. The molecule has 12 rings (SSSR count). The fourth-order valence-electron chi connectivity index (χ4n) is 13.4. The molecule has 4 nitrogen and oxygen atoms in total. The Bertz CT molecular complexity index is 3520. The van der Waals surface area contributed by atoms with Crippen LogP contribution in [-0.4, -0.2) is 6.71 Å². The van der Waals surface area contributed by atoms with Crippen LogP contribution in [0.5, 0.6) is 0 Å². The lowest BCUT2D eigenvalue weighted by Crippen LogP contribution is -2.61. The molecule has 0 N–H and O–H groups in total. The van der Waals surface area contributed by atoms with Crippen molar-refractivity contribution in [3.8, 4) is 0 Å². The van der Waals surface area contributed by atoms with E-state index in [4.69, 9.17) is 4.42 Å². The second-order valence-corrected chi connectivity index (χ2v) is 27.3. The number of benzene rings is 7. The Balaban J connectivity index is 1.27. The molecule has 8 aromatic rings. The van der Waals surface area contributed by atoms with E-state index in [0.29, 0.717) is 0 Å². The smallest absolute Gasteiger partial charge is 0.257 e. The molecule has 0 saturated carbocycles. The van der Waals surface area contributed by atoms with Crippen LogP contribution >= 0.6 is 0 Å². The van der Waals surface area contributed by atoms with Crippen molar-refractivity contribution in [2.45, 2.75) is 162 Å². The third kappa shape index (κ3) is 7.52. The number of para-hydroxylation sites is 2. The molecule has 0 atom stereocenters. The number of anilines is 9. The maximum atomic E-state index is 7.52. The Kier molecular flexibility index (Phi) is 10.7. The molecule has 0 amide bonds. The molecule has 1 aromatic heterocycles. The number of hydrogen-bond donors (Lipinski definition) is 0. The van der Waals surface area contributed by atoms with Gasteiger partial charge in [0, 0.05) is 45.0 Å². The van der Waals surface area contributed by atoms with Crippen LogP contribution in [-0.2, 0) is 32.5 Å². The molecule has 2 aliphatic carbocycles. The van der Waals surface area contributed by atoms with Crippen molar-refractivity contribution in [3.05, 3.63) is 178 Å². The molecule has 0 bridgehead atoms. The molecular weight excluding hydrogens is 898 g/mol. The van der Waals surface area contributed by atoms with Gasteiger partial charge in [-0.1, -0.05) is 164 Å². The summed E-state index contributed by atoms with van der Waals surface area (Å²) in [5.41, 5.74) is 23.8. The van der Waals surface area contributed by atoms with Gasteiger partial charge in [0.2, 0.25) is 5.88 Å². The first kappa shape index (κ1) is 48.5. The second kappa shape index (κ2) is 16.3.